The molecule has 27 heavy (non-hydrogen) atoms. The summed E-state index contributed by atoms with van der Waals surface area (Å²) in [5.41, 5.74) is 3.56. The molecule has 1 amide bonds. The van der Waals surface area contributed by atoms with Gasteiger partial charge < -0.3 is 9.14 Å². The summed E-state index contributed by atoms with van der Waals surface area (Å²) in [7, 11) is 0. The third kappa shape index (κ3) is 2.64. The minimum absolute atomic E-state index is 0.251. The molecule has 3 heterocycles. The number of amides is 1. The molecular weight excluding hydrogens is 338 g/mol. The summed E-state index contributed by atoms with van der Waals surface area (Å²) >= 11 is 0. The molecule has 0 radical (unpaired) electrons. The predicted octanol–water partition coefficient (Wildman–Crippen LogP) is 4.77. The molecule has 2 atom stereocenters. The molecule has 5 rings (SSSR count). The first-order valence-electron chi connectivity index (χ1n) is 8.84. The first-order valence-corrected chi connectivity index (χ1v) is 8.84. The van der Waals surface area contributed by atoms with Crippen LogP contribution in [0.15, 0.2) is 91.4 Å². The molecule has 0 aliphatic carbocycles. The number of hydrogen-bond acceptors (Lipinski definition) is 3. The summed E-state index contributed by atoms with van der Waals surface area (Å²) in [6.45, 7) is 0. The smallest absolute Gasteiger partial charge is 0.415 e. The zero-order valence-corrected chi connectivity index (χ0v) is 14.5. The van der Waals surface area contributed by atoms with E-state index in [9.17, 15) is 4.79 Å². The first-order chi connectivity index (χ1) is 13.3. The number of anilines is 1. The van der Waals surface area contributed by atoms with E-state index in [2.05, 4.69) is 4.98 Å². The van der Waals surface area contributed by atoms with Gasteiger partial charge in [0.2, 0.25) is 0 Å². The molecule has 1 saturated heterocycles. The van der Waals surface area contributed by atoms with Gasteiger partial charge in [0.15, 0.2) is 6.10 Å². The van der Waals surface area contributed by atoms with Crippen LogP contribution < -0.4 is 4.90 Å². The van der Waals surface area contributed by atoms with Crippen molar-refractivity contribution in [3.63, 3.8) is 0 Å². The summed E-state index contributed by atoms with van der Waals surface area (Å²) in [6, 6.07) is 23.4. The molecule has 5 heteroatoms. The van der Waals surface area contributed by atoms with Gasteiger partial charge in [0, 0.05) is 24.7 Å². The van der Waals surface area contributed by atoms with E-state index >= 15 is 0 Å². The van der Waals surface area contributed by atoms with Crippen molar-refractivity contribution in [2.24, 2.45) is 0 Å². The van der Waals surface area contributed by atoms with Gasteiger partial charge >= 0.3 is 6.09 Å². The third-order valence-electron chi connectivity index (χ3n) is 4.92. The third-order valence-corrected chi connectivity index (χ3v) is 4.92. The standard InChI is InChI=1S/C22H17N3O2/c26-22-25(18-11-13-24-14-12-23-19(24)15-18)20(16-7-3-1-4-8-16)21(27-22)17-9-5-2-6-10-17/h1-15,20-21H. The highest BCUT2D eigenvalue weighted by Gasteiger charge is 2.44. The van der Waals surface area contributed by atoms with Gasteiger partial charge in [-0.1, -0.05) is 60.7 Å². The average Bonchev–Trinajstić information content (AvgIpc) is 3.32. The molecule has 1 fully saturated rings. The molecule has 2 aromatic carbocycles. The van der Waals surface area contributed by atoms with Crippen LogP contribution in [-0.2, 0) is 4.74 Å². The van der Waals surface area contributed by atoms with Gasteiger partial charge in [-0.2, -0.15) is 0 Å². The highest BCUT2D eigenvalue weighted by Crippen LogP contribution is 2.45. The highest BCUT2D eigenvalue weighted by molar-refractivity contribution is 5.91. The normalized spacial score (nSPS) is 19.4. The number of hydrogen-bond donors (Lipinski definition) is 0. The maximum atomic E-state index is 12.9. The lowest BCUT2D eigenvalue weighted by Crippen LogP contribution is -2.27. The molecule has 4 aromatic rings. The van der Waals surface area contributed by atoms with Crippen molar-refractivity contribution in [3.8, 4) is 0 Å². The molecule has 5 nitrogen and oxygen atoms in total. The Morgan fingerprint density at radius 2 is 1.56 bits per heavy atom. The molecule has 0 spiro atoms. The summed E-state index contributed by atoms with van der Waals surface area (Å²) in [6.07, 6.45) is 4.79. The van der Waals surface area contributed by atoms with E-state index in [0.29, 0.717) is 0 Å². The topological polar surface area (TPSA) is 46.8 Å². The lowest BCUT2D eigenvalue weighted by Gasteiger charge is -2.25. The zero-order chi connectivity index (χ0) is 18.2. The molecular formula is C22H17N3O2. The lowest BCUT2D eigenvalue weighted by atomic mass is 9.95. The number of aromatic nitrogens is 2. The maximum Gasteiger partial charge on any atom is 0.415 e. The minimum Gasteiger partial charge on any atom is -0.438 e. The first kappa shape index (κ1) is 15.6. The predicted molar refractivity (Wildman–Crippen MR) is 103 cm³/mol. The number of nitrogens with zero attached hydrogens (tertiary/aromatic N) is 3. The van der Waals surface area contributed by atoms with Crippen molar-refractivity contribution in [2.75, 3.05) is 4.90 Å². The number of imidazole rings is 1. The minimum atomic E-state index is -0.378. The molecule has 1 aliphatic rings. The van der Waals surface area contributed by atoms with Crippen LogP contribution in [0.25, 0.3) is 5.65 Å². The lowest BCUT2D eigenvalue weighted by molar-refractivity contribution is 0.132. The molecule has 0 N–H and O–H groups in total. The number of ether oxygens (including phenoxy) is 1. The van der Waals surface area contributed by atoms with Crippen molar-refractivity contribution in [1.82, 2.24) is 9.38 Å². The highest BCUT2D eigenvalue weighted by atomic mass is 16.6. The number of carbonyl (C=O) groups is 1. The second kappa shape index (κ2) is 6.29. The second-order valence-electron chi connectivity index (χ2n) is 6.52. The molecule has 0 bridgehead atoms. The van der Waals surface area contributed by atoms with Crippen molar-refractivity contribution in [3.05, 3.63) is 103 Å². The van der Waals surface area contributed by atoms with E-state index in [0.717, 1.165) is 22.5 Å². The number of fused-ring (bicyclic) bond motifs is 1. The van der Waals surface area contributed by atoms with Crippen LogP contribution in [0.4, 0.5) is 10.5 Å². The van der Waals surface area contributed by atoms with Crippen molar-refractivity contribution >= 4 is 17.4 Å². The summed E-state index contributed by atoms with van der Waals surface area (Å²) in [5, 5.41) is 0. The molecule has 132 valence electrons. The van der Waals surface area contributed by atoms with E-state index in [-0.39, 0.29) is 18.2 Å². The van der Waals surface area contributed by atoms with Crippen LogP contribution in [0.2, 0.25) is 0 Å². The quantitative estimate of drug-likeness (QED) is 0.532. The molecule has 0 saturated carbocycles. The Labute approximate surface area is 156 Å². The fraction of sp³-hybridized carbons (Fsp3) is 0.0909. The van der Waals surface area contributed by atoms with Crippen molar-refractivity contribution < 1.29 is 9.53 Å². The Hall–Kier alpha value is -3.60. The maximum absolute atomic E-state index is 12.9. The van der Waals surface area contributed by atoms with Gasteiger partial charge in [-0.25, -0.2) is 9.78 Å². The van der Waals surface area contributed by atoms with E-state index in [1.807, 2.05) is 89.6 Å². The Kier molecular flexibility index (Phi) is 3.64. The van der Waals surface area contributed by atoms with Crippen LogP contribution in [-0.4, -0.2) is 15.5 Å². The molecule has 2 unspecified atom stereocenters. The second-order valence-corrected chi connectivity index (χ2v) is 6.52. The largest absolute Gasteiger partial charge is 0.438 e. The van der Waals surface area contributed by atoms with E-state index < -0.39 is 0 Å². The van der Waals surface area contributed by atoms with Gasteiger partial charge in [0.25, 0.3) is 0 Å². The monoisotopic (exact) mass is 355 g/mol. The van der Waals surface area contributed by atoms with Gasteiger partial charge in [-0.3, -0.25) is 4.90 Å². The van der Waals surface area contributed by atoms with Crippen molar-refractivity contribution in [1.29, 1.82) is 0 Å². The fourth-order valence-electron chi connectivity index (χ4n) is 3.66. The number of pyridine rings is 1. The van der Waals surface area contributed by atoms with Crippen LogP contribution in [0.3, 0.4) is 0 Å². The van der Waals surface area contributed by atoms with Crippen LogP contribution in [0.5, 0.6) is 0 Å². The Morgan fingerprint density at radius 1 is 0.852 bits per heavy atom. The fourth-order valence-corrected chi connectivity index (χ4v) is 3.66. The molecule has 2 aromatic heterocycles. The zero-order valence-electron chi connectivity index (χ0n) is 14.5. The van der Waals surface area contributed by atoms with Crippen molar-refractivity contribution in [2.45, 2.75) is 12.1 Å². The average molecular weight is 355 g/mol. The van der Waals surface area contributed by atoms with Gasteiger partial charge in [-0.05, 0) is 17.2 Å². The van der Waals surface area contributed by atoms with Crippen LogP contribution >= 0.6 is 0 Å². The van der Waals surface area contributed by atoms with E-state index in [1.165, 1.54) is 0 Å². The van der Waals surface area contributed by atoms with Crippen LogP contribution in [0.1, 0.15) is 23.3 Å². The van der Waals surface area contributed by atoms with Crippen LogP contribution in [0, 0.1) is 0 Å². The number of carbonyl (C=O) groups excluding carboxylic acids is 1. The van der Waals surface area contributed by atoms with E-state index in [1.54, 1.807) is 11.1 Å². The SMILES string of the molecule is O=C1OC(c2ccccc2)C(c2ccccc2)N1c1ccn2ccnc2c1. The Bertz CT molecular complexity index is 1090. The molecule has 1 aliphatic heterocycles. The Balaban J connectivity index is 1.65. The van der Waals surface area contributed by atoms with Gasteiger partial charge in [0.1, 0.15) is 11.7 Å². The van der Waals surface area contributed by atoms with Gasteiger partial charge in [-0.15, -0.1) is 0 Å². The Morgan fingerprint density at radius 3 is 2.30 bits per heavy atom. The number of rotatable bonds is 3. The summed E-state index contributed by atoms with van der Waals surface area (Å²) in [4.78, 5) is 19.0. The van der Waals surface area contributed by atoms with Gasteiger partial charge in [0.05, 0.1) is 5.69 Å². The summed E-state index contributed by atoms with van der Waals surface area (Å²) in [5.74, 6) is 0. The van der Waals surface area contributed by atoms with E-state index in [4.69, 9.17) is 4.74 Å². The summed E-state index contributed by atoms with van der Waals surface area (Å²) < 4.78 is 7.75. The number of cyclic esters (lactones) is 1. The number of benzene rings is 2.